The van der Waals surface area contributed by atoms with E-state index in [0.717, 1.165) is 117 Å². The Bertz CT molecular complexity index is 6220. The third kappa shape index (κ3) is 9.79. The molecule has 3 aromatic heterocycles. The number of nitrogens with zero attached hydrogens (tertiary/aromatic N) is 3. The molecule has 0 saturated heterocycles. The third-order valence-electron chi connectivity index (χ3n) is 19.4. The zero-order valence-corrected chi connectivity index (χ0v) is 54.8. The Labute approximate surface area is 575 Å². The highest BCUT2D eigenvalue weighted by molar-refractivity contribution is 7.26. The van der Waals surface area contributed by atoms with Gasteiger partial charge in [-0.3, -0.25) is 0 Å². The molecule has 0 N–H and O–H groups in total. The van der Waals surface area contributed by atoms with Gasteiger partial charge >= 0.3 is 0 Å². The molecular weight excluding hydrogens is 1230 g/mol. The molecule has 6 heteroatoms. The molecule has 0 bridgehead atoms. The van der Waals surface area contributed by atoms with Gasteiger partial charge in [0.05, 0.1) is 11.4 Å². The van der Waals surface area contributed by atoms with Gasteiger partial charge in [0.2, 0.25) is 0 Å². The summed E-state index contributed by atoms with van der Waals surface area (Å²) in [5, 5.41) is 11.7. The van der Waals surface area contributed by atoms with Gasteiger partial charge in [0, 0.05) is 102 Å². The predicted molar refractivity (Wildman–Crippen MR) is 420 cm³/mol. The predicted octanol–water partition coefficient (Wildman–Crippen LogP) is 27.7. The quantitative estimate of drug-likeness (QED) is 0.115. The summed E-state index contributed by atoms with van der Waals surface area (Å²) in [6.07, 6.45) is 0. The molecule has 0 radical (unpaired) electrons. The molecule has 0 aliphatic rings. The van der Waals surface area contributed by atoms with Crippen LogP contribution in [0, 0.1) is 0 Å². The second kappa shape index (κ2) is 23.8. The lowest BCUT2D eigenvalue weighted by Crippen LogP contribution is -2.11. The van der Waals surface area contributed by atoms with E-state index >= 15 is 0 Å². The molecule has 3 heterocycles. The molecule has 0 saturated carbocycles. The number of hydrogen-bond donors (Lipinski definition) is 0. The van der Waals surface area contributed by atoms with Crippen molar-refractivity contribution < 1.29 is 4.42 Å². The topological polar surface area (TPSA) is 22.9 Å². The fourth-order valence-corrected chi connectivity index (χ4v) is 17.2. The number of fused-ring (bicyclic) bond motifs is 11. The van der Waals surface area contributed by atoms with Crippen molar-refractivity contribution in [3.8, 4) is 44.5 Å². The van der Waals surface area contributed by atoms with Crippen molar-refractivity contribution in [2.24, 2.45) is 0 Å². The minimum atomic E-state index is 0.804. The van der Waals surface area contributed by atoms with Crippen molar-refractivity contribution in [2.45, 2.75) is 0 Å². The lowest BCUT2D eigenvalue weighted by molar-refractivity contribution is 0.669. The van der Waals surface area contributed by atoms with Crippen molar-refractivity contribution in [3.05, 3.63) is 358 Å². The van der Waals surface area contributed by atoms with Gasteiger partial charge in [0.1, 0.15) is 11.2 Å². The van der Waals surface area contributed by atoms with Gasteiger partial charge in [-0.2, -0.15) is 0 Å². The van der Waals surface area contributed by atoms with E-state index in [-0.39, 0.29) is 0 Å². The monoisotopic (exact) mass is 1290 g/mol. The van der Waals surface area contributed by atoms with E-state index in [1.807, 2.05) is 22.7 Å². The Balaban J connectivity index is 0.818. The molecular formula is C92H59N3OS2. The summed E-state index contributed by atoms with van der Waals surface area (Å²) in [5.74, 6) is 0. The molecule has 0 fully saturated rings. The van der Waals surface area contributed by atoms with Crippen molar-refractivity contribution in [3.63, 3.8) is 0 Å². The highest BCUT2D eigenvalue weighted by Gasteiger charge is 2.27. The van der Waals surface area contributed by atoms with Crippen LogP contribution >= 0.6 is 22.7 Å². The van der Waals surface area contributed by atoms with E-state index in [4.69, 9.17) is 4.42 Å². The Morgan fingerprint density at radius 2 is 0.714 bits per heavy atom. The SMILES string of the molecule is c1ccc(-c2cc(N(c3ccccc3)c3ccc4c(-c5c(N(c6ccccc6)c6ccccc6)ccc6oc7ccc(N(c8ccccc8)c8cccc(-c9cccc%10sc%11ccccc%11c9%10)c8)cc7c56)cccc4c3)c3cccc(-c4ccc5sc6ccccc6c5c4)c3c2)cc1. The van der Waals surface area contributed by atoms with Crippen LogP contribution in [-0.2, 0) is 0 Å². The van der Waals surface area contributed by atoms with Gasteiger partial charge in [-0.05, 0) is 201 Å². The molecule has 0 spiro atoms. The highest BCUT2D eigenvalue weighted by Crippen LogP contribution is 2.52. The zero-order chi connectivity index (χ0) is 64.6. The first-order chi connectivity index (χ1) is 48.6. The van der Waals surface area contributed by atoms with Crippen LogP contribution in [0.2, 0.25) is 0 Å². The van der Waals surface area contributed by atoms with Crippen LogP contribution in [0.1, 0.15) is 0 Å². The average molecular weight is 1290 g/mol. The maximum Gasteiger partial charge on any atom is 0.136 e. The van der Waals surface area contributed by atoms with Crippen LogP contribution < -0.4 is 14.7 Å². The minimum Gasteiger partial charge on any atom is -0.456 e. The Hall–Kier alpha value is -12.3. The number of thiophene rings is 2. The van der Waals surface area contributed by atoms with Crippen molar-refractivity contribution in [2.75, 3.05) is 14.7 Å². The van der Waals surface area contributed by atoms with Crippen LogP contribution in [-0.4, -0.2) is 0 Å². The van der Waals surface area contributed by atoms with E-state index in [1.54, 1.807) is 0 Å². The van der Waals surface area contributed by atoms with Crippen molar-refractivity contribution >= 4 is 158 Å². The van der Waals surface area contributed by atoms with E-state index < -0.39 is 0 Å². The summed E-state index contributed by atoms with van der Waals surface area (Å²) >= 11 is 3.71. The summed E-state index contributed by atoms with van der Waals surface area (Å²) in [7, 11) is 0. The summed E-state index contributed by atoms with van der Waals surface area (Å²) in [6.45, 7) is 0. The fourth-order valence-electron chi connectivity index (χ4n) is 15.0. The third-order valence-corrected chi connectivity index (χ3v) is 21.7. The maximum atomic E-state index is 7.12. The molecule has 0 aliphatic carbocycles. The molecule has 460 valence electrons. The first kappa shape index (κ1) is 57.2. The molecule has 16 aromatic carbocycles. The molecule has 0 amide bonds. The van der Waals surface area contributed by atoms with Crippen molar-refractivity contribution in [1.82, 2.24) is 0 Å². The van der Waals surface area contributed by atoms with Crippen LogP contribution in [0.5, 0.6) is 0 Å². The Kier molecular flexibility index (Phi) is 13.9. The van der Waals surface area contributed by atoms with Crippen LogP contribution in [0.15, 0.2) is 362 Å². The first-order valence-corrected chi connectivity index (χ1v) is 34.9. The largest absolute Gasteiger partial charge is 0.456 e. The highest BCUT2D eigenvalue weighted by atomic mass is 32.1. The second-order valence-corrected chi connectivity index (χ2v) is 27.2. The van der Waals surface area contributed by atoms with E-state index in [1.165, 1.54) is 62.4 Å². The number of benzene rings is 16. The van der Waals surface area contributed by atoms with Crippen molar-refractivity contribution in [1.29, 1.82) is 0 Å². The van der Waals surface area contributed by atoms with Gasteiger partial charge < -0.3 is 19.1 Å². The molecule has 19 aromatic rings. The Morgan fingerprint density at radius 3 is 1.46 bits per heavy atom. The van der Waals surface area contributed by atoms with Gasteiger partial charge in [-0.25, -0.2) is 0 Å². The van der Waals surface area contributed by atoms with E-state index in [9.17, 15) is 0 Å². The van der Waals surface area contributed by atoms with Crippen LogP contribution in [0.4, 0.5) is 51.2 Å². The standard InChI is InChI=1S/C92H59N3OS2/c1-6-24-60(25-7-1)64-57-79-72(63-46-53-88-80(56-63)76-37-16-18-43-86(76)97-88)39-22-41-75(79)83(58-64)95(68-34-14-5-15-35-68)70-47-49-73-61(54-70)27-21-42-77(73)91-82(94(66-30-10-3-11-31-66)67-32-12-4-13-33-67)50-52-85-92(91)81-59-71(48-51-84(81)96-85)93(65-28-8-2-9-29-65)69-36-20-26-62(55-69)74-40-23-45-89-90(74)78-38-17-19-44-87(78)98-89/h1-59H. The normalized spacial score (nSPS) is 11.7. The number of hydrogen-bond acceptors (Lipinski definition) is 6. The molecule has 0 aliphatic heterocycles. The molecule has 4 nitrogen and oxygen atoms in total. The van der Waals surface area contributed by atoms with Crippen LogP contribution in [0.3, 0.4) is 0 Å². The first-order valence-electron chi connectivity index (χ1n) is 33.3. The van der Waals surface area contributed by atoms with Gasteiger partial charge in [-0.1, -0.05) is 212 Å². The average Bonchev–Trinajstić information content (AvgIpc) is 1.09. The lowest BCUT2D eigenvalue weighted by atomic mass is 9.91. The summed E-state index contributed by atoms with van der Waals surface area (Å²) in [5.41, 5.74) is 20.3. The van der Waals surface area contributed by atoms with Gasteiger partial charge in [-0.15, -0.1) is 22.7 Å². The molecule has 19 rings (SSSR count). The molecule has 98 heavy (non-hydrogen) atoms. The van der Waals surface area contributed by atoms with E-state index in [2.05, 4.69) is 373 Å². The second-order valence-electron chi connectivity index (χ2n) is 25.1. The van der Waals surface area contributed by atoms with Gasteiger partial charge in [0.25, 0.3) is 0 Å². The Morgan fingerprint density at radius 1 is 0.214 bits per heavy atom. The molecule has 0 unspecified atom stereocenters. The number of anilines is 9. The molecule has 0 atom stereocenters. The lowest BCUT2D eigenvalue weighted by Gasteiger charge is -2.29. The smallest absolute Gasteiger partial charge is 0.136 e. The number of furan rings is 1. The minimum absolute atomic E-state index is 0.804. The van der Waals surface area contributed by atoms with Crippen LogP contribution in [0.25, 0.3) is 128 Å². The summed E-state index contributed by atoms with van der Waals surface area (Å²) in [4.78, 5) is 7.25. The number of rotatable bonds is 13. The van der Waals surface area contributed by atoms with Gasteiger partial charge in [0.15, 0.2) is 0 Å². The summed E-state index contributed by atoms with van der Waals surface area (Å²) < 4.78 is 12.3. The van der Waals surface area contributed by atoms with E-state index in [0.29, 0.717) is 0 Å². The fraction of sp³-hybridized carbons (Fsp3) is 0. The maximum absolute atomic E-state index is 7.12. The summed E-state index contributed by atoms with van der Waals surface area (Å²) in [6, 6.07) is 131. The number of para-hydroxylation sites is 4. The zero-order valence-electron chi connectivity index (χ0n) is 53.1.